The van der Waals surface area contributed by atoms with Crippen LogP contribution in [0.1, 0.15) is 18.3 Å². The lowest BCUT2D eigenvalue weighted by atomic mass is 10.1. The summed E-state index contributed by atoms with van der Waals surface area (Å²) in [4.78, 5) is 23.3. The van der Waals surface area contributed by atoms with Crippen LogP contribution in [0.15, 0.2) is 60.7 Å². The number of ether oxygens (including phenoxy) is 2. The van der Waals surface area contributed by atoms with Crippen molar-refractivity contribution in [2.75, 3.05) is 26.1 Å². The second-order valence-corrected chi connectivity index (χ2v) is 6.86. The average molecular weight is 403 g/mol. The van der Waals surface area contributed by atoms with E-state index < -0.39 is 5.97 Å². The molecule has 1 aromatic heterocycles. The summed E-state index contributed by atoms with van der Waals surface area (Å²) in [7, 11) is 5.06. The molecule has 6 nitrogen and oxygen atoms in total. The summed E-state index contributed by atoms with van der Waals surface area (Å²) in [5.41, 5.74) is 2.94. The molecule has 0 saturated heterocycles. The summed E-state index contributed by atoms with van der Waals surface area (Å²) in [6.07, 6.45) is 1.68. The highest BCUT2D eigenvalue weighted by Gasteiger charge is 2.25. The molecule has 2 aromatic carbocycles. The van der Waals surface area contributed by atoms with Crippen LogP contribution in [0.4, 0.5) is 5.82 Å². The molecule has 154 valence electrons. The number of aryl methyl sites for hydroxylation is 1. The van der Waals surface area contributed by atoms with Gasteiger partial charge in [-0.25, -0.2) is 9.78 Å². The second kappa shape index (κ2) is 9.22. The molecule has 0 unspecified atom stereocenters. The number of carbonyl (C=O) groups is 1. The van der Waals surface area contributed by atoms with Crippen molar-refractivity contribution in [1.82, 2.24) is 9.97 Å². The van der Waals surface area contributed by atoms with Crippen molar-refractivity contribution in [1.29, 1.82) is 0 Å². The maximum atomic E-state index is 12.4. The van der Waals surface area contributed by atoms with Gasteiger partial charge in [0.2, 0.25) is 5.88 Å². The van der Waals surface area contributed by atoms with Crippen molar-refractivity contribution in [3.8, 4) is 22.8 Å². The summed E-state index contributed by atoms with van der Waals surface area (Å²) in [6, 6.07) is 17.8. The van der Waals surface area contributed by atoms with Gasteiger partial charge >= 0.3 is 5.97 Å². The maximum absolute atomic E-state index is 12.4. The predicted octanol–water partition coefficient (Wildman–Crippen LogP) is 4.89. The van der Waals surface area contributed by atoms with Crippen molar-refractivity contribution < 1.29 is 14.3 Å². The first-order valence-electron chi connectivity index (χ1n) is 9.59. The van der Waals surface area contributed by atoms with E-state index in [4.69, 9.17) is 9.47 Å². The van der Waals surface area contributed by atoms with Crippen LogP contribution in [0.2, 0.25) is 0 Å². The standard InChI is InChI=1S/C24H25N3O3/c1-6-20(24(28)29-5)21-22(27(3)4)25-16(2)26-23(21)30-19-14-10-13-18(15-19)17-11-8-7-9-12-17/h6-15H,1-5H3. The molecule has 0 aliphatic heterocycles. The van der Waals surface area contributed by atoms with Crippen molar-refractivity contribution in [3.05, 3.63) is 72.1 Å². The van der Waals surface area contributed by atoms with Gasteiger partial charge in [-0.15, -0.1) is 0 Å². The fourth-order valence-corrected chi connectivity index (χ4v) is 3.12. The van der Waals surface area contributed by atoms with Crippen LogP contribution < -0.4 is 9.64 Å². The minimum atomic E-state index is -0.476. The Labute approximate surface area is 176 Å². The number of hydrogen-bond acceptors (Lipinski definition) is 6. The van der Waals surface area contributed by atoms with E-state index in [-0.39, 0.29) is 0 Å². The number of esters is 1. The number of aromatic nitrogens is 2. The van der Waals surface area contributed by atoms with Crippen molar-refractivity contribution in [2.45, 2.75) is 13.8 Å². The topological polar surface area (TPSA) is 64.5 Å². The summed E-state index contributed by atoms with van der Waals surface area (Å²) < 4.78 is 11.2. The van der Waals surface area contributed by atoms with Crippen molar-refractivity contribution in [3.63, 3.8) is 0 Å². The van der Waals surface area contributed by atoms with E-state index in [1.807, 2.05) is 73.6 Å². The third-order valence-corrected chi connectivity index (χ3v) is 4.51. The number of methoxy groups -OCH3 is 1. The number of anilines is 1. The summed E-state index contributed by atoms with van der Waals surface area (Å²) in [5, 5.41) is 0. The minimum absolute atomic E-state index is 0.301. The first kappa shape index (κ1) is 21.0. The predicted molar refractivity (Wildman–Crippen MR) is 119 cm³/mol. The monoisotopic (exact) mass is 403 g/mol. The molecule has 0 N–H and O–H groups in total. The summed E-state index contributed by atoms with van der Waals surface area (Å²) in [5.74, 6) is 1.55. The lowest BCUT2D eigenvalue weighted by Gasteiger charge is -2.20. The molecule has 0 atom stereocenters. The Morgan fingerprint density at radius 3 is 2.33 bits per heavy atom. The Morgan fingerprint density at radius 1 is 1.00 bits per heavy atom. The molecule has 1 heterocycles. The fraction of sp³-hybridized carbons (Fsp3) is 0.208. The van der Waals surface area contributed by atoms with E-state index in [1.54, 1.807) is 19.9 Å². The third-order valence-electron chi connectivity index (χ3n) is 4.51. The van der Waals surface area contributed by atoms with Crippen LogP contribution in [0.25, 0.3) is 16.7 Å². The molecular weight excluding hydrogens is 378 g/mol. The molecule has 0 fully saturated rings. The summed E-state index contributed by atoms with van der Waals surface area (Å²) in [6.45, 7) is 3.56. The van der Waals surface area contributed by atoms with Crippen LogP contribution in [-0.4, -0.2) is 37.1 Å². The Hall–Kier alpha value is -3.67. The quantitative estimate of drug-likeness (QED) is 0.431. The molecule has 0 radical (unpaired) electrons. The highest BCUT2D eigenvalue weighted by Crippen LogP contribution is 2.36. The van der Waals surface area contributed by atoms with Crippen LogP contribution in [-0.2, 0) is 9.53 Å². The average Bonchev–Trinajstić information content (AvgIpc) is 2.75. The van der Waals surface area contributed by atoms with Crippen LogP contribution in [0.3, 0.4) is 0 Å². The molecule has 0 aliphatic rings. The van der Waals surface area contributed by atoms with Gasteiger partial charge in [-0.2, -0.15) is 4.98 Å². The van der Waals surface area contributed by atoms with E-state index in [1.165, 1.54) is 7.11 Å². The van der Waals surface area contributed by atoms with E-state index >= 15 is 0 Å². The first-order valence-corrected chi connectivity index (χ1v) is 9.59. The van der Waals surface area contributed by atoms with Crippen molar-refractivity contribution in [2.24, 2.45) is 0 Å². The molecule has 0 amide bonds. The van der Waals surface area contributed by atoms with Gasteiger partial charge in [0.25, 0.3) is 0 Å². The van der Waals surface area contributed by atoms with Gasteiger partial charge in [0.15, 0.2) is 0 Å². The molecule has 0 saturated carbocycles. The highest BCUT2D eigenvalue weighted by atomic mass is 16.5. The zero-order valence-electron chi connectivity index (χ0n) is 17.8. The molecule has 0 bridgehead atoms. The Balaban J connectivity index is 2.11. The normalized spacial score (nSPS) is 11.2. The van der Waals surface area contributed by atoms with Crippen LogP contribution in [0, 0.1) is 6.92 Å². The van der Waals surface area contributed by atoms with E-state index in [9.17, 15) is 4.79 Å². The maximum Gasteiger partial charge on any atom is 0.338 e. The third kappa shape index (κ3) is 4.49. The number of hydrogen-bond donors (Lipinski definition) is 0. The zero-order chi connectivity index (χ0) is 21.7. The molecular formula is C24H25N3O3. The number of carbonyl (C=O) groups excluding carboxylic acids is 1. The van der Waals surface area contributed by atoms with Gasteiger partial charge in [-0.05, 0) is 37.1 Å². The lowest BCUT2D eigenvalue weighted by Crippen LogP contribution is -2.17. The van der Waals surface area contributed by atoms with Gasteiger partial charge in [-0.1, -0.05) is 48.5 Å². The van der Waals surface area contributed by atoms with Gasteiger partial charge in [0, 0.05) is 14.1 Å². The number of allylic oxidation sites excluding steroid dienone is 1. The van der Waals surface area contributed by atoms with Crippen LogP contribution in [0.5, 0.6) is 11.6 Å². The van der Waals surface area contributed by atoms with E-state index in [0.717, 1.165) is 11.1 Å². The van der Waals surface area contributed by atoms with Crippen molar-refractivity contribution >= 4 is 17.4 Å². The SMILES string of the molecule is CC=C(C(=O)OC)c1c(Oc2cccc(-c3ccccc3)c2)nc(C)nc1N(C)C. The molecule has 6 heteroatoms. The molecule has 3 rings (SSSR count). The van der Waals surface area contributed by atoms with Crippen LogP contribution >= 0.6 is 0 Å². The first-order chi connectivity index (χ1) is 14.4. The fourth-order valence-electron chi connectivity index (χ4n) is 3.12. The van der Waals surface area contributed by atoms with E-state index in [0.29, 0.717) is 34.4 Å². The largest absolute Gasteiger partial charge is 0.465 e. The zero-order valence-corrected chi connectivity index (χ0v) is 17.8. The molecule has 0 aliphatic carbocycles. The molecule has 0 spiro atoms. The van der Waals surface area contributed by atoms with Gasteiger partial charge in [0.1, 0.15) is 17.4 Å². The highest BCUT2D eigenvalue weighted by molar-refractivity contribution is 6.18. The number of benzene rings is 2. The van der Waals surface area contributed by atoms with Gasteiger partial charge in [-0.3, -0.25) is 0 Å². The number of nitrogens with zero attached hydrogens (tertiary/aromatic N) is 3. The summed E-state index contributed by atoms with van der Waals surface area (Å²) >= 11 is 0. The van der Waals surface area contributed by atoms with E-state index in [2.05, 4.69) is 9.97 Å². The van der Waals surface area contributed by atoms with Gasteiger partial charge in [0.05, 0.1) is 18.2 Å². The Morgan fingerprint density at radius 2 is 1.70 bits per heavy atom. The number of rotatable bonds is 6. The Bertz CT molecular complexity index is 1080. The van der Waals surface area contributed by atoms with Gasteiger partial charge < -0.3 is 14.4 Å². The molecule has 30 heavy (non-hydrogen) atoms. The minimum Gasteiger partial charge on any atom is -0.465 e. The second-order valence-electron chi connectivity index (χ2n) is 6.86. The Kier molecular flexibility index (Phi) is 6.47. The smallest absolute Gasteiger partial charge is 0.338 e. The lowest BCUT2D eigenvalue weighted by molar-refractivity contribution is -0.133. The molecule has 3 aromatic rings.